The smallest absolute Gasteiger partial charge is 0.0949 e. The van der Waals surface area contributed by atoms with Crippen LogP contribution in [-0.4, -0.2) is 19.7 Å². The Labute approximate surface area is 127 Å². The molecule has 1 aromatic carbocycles. The Morgan fingerprint density at radius 3 is 2.55 bits per heavy atom. The summed E-state index contributed by atoms with van der Waals surface area (Å²) in [6.45, 7) is 4.85. The van der Waals surface area contributed by atoms with Gasteiger partial charge in [-0.05, 0) is 43.0 Å². The number of rotatable bonds is 7. The molecule has 3 heteroatoms. The van der Waals surface area contributed by atoms with Crippen molar-refractivity contribution in [3.63, 3.8) is 0 Å². The lowest BCUT2D eigenvalue weighted by atomic mass is 9.90. The first-order valence-corrected chi connectivity index (χ1v) is 8.25. The van der Waals surface area contributed by atoms with E-state index in [4.69, 9.17) is 16.3 Å². The van der Waals surface area contributed by atoms with Crippen molar-refractivity contribution in [3.8, 4) is 0 Å². The predicted molar refractivity (Wildman–Crippen MR) is 85.3 cm³/mol. The normalized spacial score (nSPS) is 18.1. The van der Waals surface area contributed by atoms with Gasteiger partial charge in [0.05, 0.1) is 12.7 Å². The van der Waals surface area contributed by atoms with Crippen molar-refractivity contribution in [2.24, 2.45) is 5.92 Å². The fourth-order valence-electron chi connectivity index (χ4n) is 2.83. The second-order valence-electron chi connectivity index (χ2n) is 5.69. The minimum atomic E-state index is 0.133. The monoisotopic (exact) mass is 295 g/mol. The van der Waals surface area contributed by atoms with E-state index >= 15 is 0 Å². The molecule has 2 rings (SSSR count). The van der Waals surface area contributed by atoms with Crippen molar-refractivity contribution < 1.29 is 4.74 Å². The molecule has 1 unspecified atom stereocenters. The first-order chi connectivity index (χ1) is 9.79. The van der Waals surface area contributed by atoms with Gasteiger partial charge in [0, 0.05) is 11.6 Å². The van der Waals surface area contributed by atoms with Gasteiger partial charge in [0.1, 0.15) is 0 Å². The van der Waals surface area contributed by atoms with Gasteiger partial charge in [-0.25, -0.2) is 0 Å². The average molecular weight is 296 g/mol. The highest BCUT2D eigenvalue weighted by molar-refractivity contribution is 6.30. The molecule has 0 saturated heterocycles. The van der Waals surface area contributed by atoms with Crippen molar-refractivity contribution in [1.82, 2.24) is 5.32 Å². The lowest BCUT2D eigenvalue weighted by Crippen LogP contribution is -2.25. The first kappa shape index (κ1) is 15.8. The van der Waals surface area contributed by atoms with E-state index in [9.17, 15) is 0 Å². The van der Waals surface area contributed by atoms with E-state index in [1.807, 2.05) is 12.1 Å². The minimum absolute atomic E-state index is 0.133. The van der Waals surface area contributed by atoms with Crippen molar-refractivity contribution in [2.75, 3.05) is 19.7 Å². The summed E-state index contributed by atoms with van der Waals surface area (Å²) in [7, 11) is 0. The minimum Gasteiger partial charge on any atom is -0.372 e. The molecule has 0 amide bonds. The second-order valence-corrected chi connectivity index (χ2v) is 6.12. The molecule has 1 aliphatic rings. The average Bonchev–Trinajstić information content (AvgIpc) is 2.50. The lowest BCUT2D eigenvalue weighted by Gasteiger charge is -2.25. The molecule has 0 heterocycles. The van der Waals surface area contributed by atoms with Crippen LogP contribution in [-0.2, 0) is 4.74 Å². The van der Waals surface area contributed by atoms with Crippen molar-refractivity contribution >= 4 is 11.6 Å². The van der Waals surface area contributed by atoms with Gasteiger partial charge >= 0.3 is 0 Å². The highest BCUT2D eigenvalue weighted by Crippen LogP contribution is 2.26. The topological polar surface area (TPSA) is 21.3 Å². The maximum Gasteiger partial charge on any atom is 0.0949 e. The van der Waals surface area contributed by atoms with Crippen LogP contribution in [0.3, 0.4) is 0 Å². The molecule has 1 atom stereocenters. The third-order valence-electron chi connectivity index (χ3n) is 4.08. The van der Waals surface area contributed by atoms with Gasteiger partial charge in [-0.2, -0.15) is 0 Å². The second kappa shape index (κ2) is 8.66. The highest BCUT2D eigenvalue weighted by atomic mass is 35.5. The number of ether oxygens (including phenoxy) is 1. The molecular weight excluding hydrogens is 270 g/mol. The Balaban J connectivity index is 1.90. The zero-order chi connectivity index (χ0) is 14.2. The maximum absolute atomic E-state index is 6.20. The lowest BCUT2D eigenvalue weighted by molar-refractivity contribution is 0.0202. The standard InChI is InChI=1S/C17H26ClNO/c1-2-19-12-17(15-8-10-16(18)11-9-15)20-13-14-6-4-3-5-7-14/h8-11,14,17,19H,2-7,12-13H2,1H3. The molecule has 1 aromatic rings. The van der Waals surface area contributed by atoms with Crippen LogP contribution in [0.15, 0.2) is 24.3 Å². The van der Waals surface area contributed by atoms with Crippen LogP contribution in [0.4, 0.5) is 0 Å². The van der Waals surface area contributed by atoms with E-state index in [0.29, 0.717) is 0 Å². The van der Waals surface area contributed by atoms with Crippen LogP contribution >= 0.6 is 11.6 Å². The van der Waals surface area contributed by atoms with Gasteiger partial charge in [-0.15, -0.1) is 0 Å². The molecule has 112 valence electrons. The van der Waals surface area contributed by atoms with E-state index in [1.165, 1.54) is 37.7 Å². The Morgan fingerprint density at radius 2 is 1.90 bits per heavy atom. The fraction of sp³-hybridized carbons (Fsp3) is 0.647. The molecule has 0 aromatic heterocycles. The van der Waals surface area contributed by atoms with Crippen LogP contribution in [0.25, 0.3) is 0 Å². The summed E-state index contributed by atoms with van der Waals surface area (Å²) in [5, 5.41) is 4.17. The number of halogens is 1. The maximum atomic E-state index is 6.20. The van der Waals surface area contributed by atoms with E-state index in [1.54, 1.807) is 0 Å². The molecule has 0 spiro atoms. The fourth-order valence-corrected chi connectivity index (χ4v) is 2.96. The summed E-state index contributed by atoms with van der Waals surface area (Å²) in [5.41, 5.74) is 1.21. The van der Waals surface area contributed by atoms with Gasteiger partial charge in [0.15, 0.2) is 0 Å². The van der Waals surface area contributed by atoms with Crippen molar-refractivity contribution in [2.45, 2.75) is 45.1 Å². The van der Waals surface area contributed by atoms with Crippen LogP contribution in [0, 0.1) is 5.92 Å². The predicted octanol–water partition coefficient (Wildman–Crippen LogP) is 4.59. The van der Waals surface area contributed by atoms with Gasteiger partial charge in [0.2, 0.25) is 0 Å². The largest absolute Gasteiger partial charge is 0.372 e. The third kappa shape index (κ3) is 5.08. The molecule has 20 heavy (non-hydrogen) atoms. The van der Waals surface area contributed by atoms with E-state index in [2.05, 4.69) is 24.4 Å². The van der Waals surface area contributed by atoms with E-state index in [0.717, 1.165) is 30.6 Å². The number of nitrogens with one attached hydrogen (secondary N) is 1. The summed E-state index contributed by atoms with van der Waals surface area (Å²) < 4.78 is 6.20. The zero-order valence-corrected chi connectivity index (χ0v) is 13.2. The molecule has 1 N–H and O–H groups in total. The molecule has 0 aliphatic heterocycles. The Morgan fingerprint density at radius 1 is 1.20 bits per heavy atom. The molecule has 0 bridgehead atoms. The number of benzene rings is 1. The van der Waals surface area contributed by atoms with Crippen molar-refractivity contribution in [3.05, 3.63) is 34.9 Å². The summed E-state index contributed by atoms with van der Waals surface area (Å²) in [6, 6.07) is 8.04. The molecule has 1 aliphatic carbocycles. The van der Waals surface area contributed by atoms with Gasteiger partial charge < -0.3 is 10.1 Å². The zero-order valence-electron chi connectivity index (χ0n) is 12.4. The molecule has 1 saturated carbocycles. The van der Waals surface area contributed by atoms with Gasteiger partial charge in [0.25, 0.3) is 0 Å². The molecular formula is C17H26ClNO. The quantitative estimate of drug-likeness (QED) is 0.794. The molecule has 2 nitrogen and oxygen atoms in total. The Kier molecular flexibility index (Phi) is 6.85. The number of likely N-dealkylation sites (N-methyl/N-ethyl adjacent to an activating group) is 1. The van der Waals surface area contributed by atoms with Crippen LogP contribution < -0.4 is 5.32 Å². The third-order valence-corrected chi connectivity index (χ3v) is 4.33. The summed E-state index contributed by atoms with van der Waals surface area (Å²) in [6.07, 6.45) is 6.92. The Bertz CT molecular complexity index is 373. The number of hydrogen-bond donors (Lipinski definition) is 1. The summed E-state index contributed by atoms with van der Waals surface area (Å²) in [5.74, 6) is 0.750. The first-order valence-electron chi connectivity index (χ1n) is 7.87. The Hall–Kier alpha value is -0.570. The van der Waals surface area contributed by atoms with Gasteiger partial charge in [-0.3, -0.25) is 0 Å². The summed E-state index contributed by atoms with van der Waals surface area (Å²) in [4.78, 5) is 0. The van der Waals surface area contributed by atoms with Crippen LogP contribution in [0.5, 0.6) is 0 Å². The van der Waals surface area contributed by atoms with Crippen LogP contribution in [0.2, 0.25) is 5.02 Å². The van der Waals surface area contributed by atoms with Gasteiger partial charge in [-0.1, -0.05) is 49.9 Å². The van der Waals surface area contributed by atoms with E-state index in [-0.39, 0.29) is 6.10 Å². The van der Waals surface area contributed by atoms with Crippen molar-refractivity contribution in [1.29, 1.82) is 0 Å². The summed E-state index contributed by atoms with van der Waals surface area (Å²) >= 11 is 5.96. The highest BCUT2D eigenvalue weighted by Gasteiger charge is 2.17. The van der Waals surface area contributed by atoms with E-state index < -0.39 is 0 Å². The molecule has 0 radical (unpaired) electrons. The molecule has 1 fully saturated rings. The van der Waals surface area contributed by atoms with Crippen LogP contribution in [0.1, 0.15) is 50.7 Å². The number of hydrogen-bond acceptors (Lipinski definition) is 2. The SMILES string of the molecule is CCNCC(OCC1CCCCC1)c1ccc(Cl)cc1.